The fourth-order valence-corrected chi connectivity index (χ4v) is 3.03. The standard InChI is InChI=1S/C4H13NOSi2/c7-3-1-5-2-4(8)6-3/h3-5H,1-2H2,7-8H3. The molecule has 0 aromatic carbocycles. The van der Waals surface area contributed by atoms with Crippen molar-refractivity contribution in [2.45, 2.75) is 11.5 Å². The summed E-state index contributed by atoms with van der Waals surface area (Å²) in [5, 5.41) is 3.33. The summed E-state index contributed by atoms with van der Waals surface area (Å²) in [7, 11) is 2.35. The van der Waals surface area contributed by atoms with Crippen LogP contribution in [-0.4, -0.2) is 45.0 Å². The Morgan fingerprint density at radius 1 is 1.25 bits per heavy atom. The molecule has 1 rings (SSSR count). The summed E-state index contributed by atoms with van der Waals surface area (Å²) >= 11 is 0. The largest absolute Gasteiger partial charge is 0.381 e. The van der Waals surface area contributed by atoms with Crippen LogP contribution in [0.1, 0.15) is 0 Å². The van der Waals surface area contributed by atoms with E-state index in [0.29, 0.717) is 11.5 Å². The van der Waals surface area contributed by atoms with Crippen molar-refractivity contribution < 1.29 is 4.74 Å². The lowest BCUT2D eigenvalue weighted by Gasteiger charge is -2.25. The van der Waals surface area contributed by atoms with Gasteiger partial charge in [0.15, 0.2) is 0 Å². The average molecular weight is 147 g/mol. The molecule has 0 aromatic heterocycles. The third-order valence-electron chi connectivity index (χ3n) is 1.33. The first kappa shape index (κ1) is 6.47. The summed E-state index contributed by atoms with van der Waals surface area (Å²) in [6, 6.07) is 0. The lowest BCUT2D eigenvalue weighted by Crippen LogP contribution is -2.45. The van der Waals surface area contributed by atoms with Crippen molar-refractivity contribution in [2.24, 2.45) is 0 Å². The van der Waals surface area contributed by atoms with E-state index in [1.807, 2.05) is 0 Å². The highest BCUT2D eigenvalue weighted by molar-refractivity contribution is 6.13. The molecule has 2 atom stereocenters. The highest BCUT2D eigenvalue weighted by Crippen LogP contribution is 1.94. The van der Waals surface area contributed by atoms with E-state index in [-0.39, 0.29) is 0 Å². The summed E-state index contributed by atoms with van der Waals surface area (Å²) in [5.74, 6) is 0. The smallest absolute Gasteiger partial charge is 0.0505 e. The van der Waals surface area contributed by atoms with Crippen LogP contribution in [0.15, 0.2) is 0 Å². The van der Waals surface area contributed by atoms with Gasteiger partial charge in [-0.15, -0.1) is 0 Å². The second-order valence-corrected chi connectivity index (χ2v) is 4.99. The third-order valence-corrected chi connectivity index (χ3v) is 2.69. The van der Waals surface area contributed by atoms with E-state index in [1.165, 1.54) is 20.5 Å². The molecule has 0 bridgehead atoms. The van der Waals surface area contributed by atoms with Crippen molar-refractivity contribution in [2.75, 3.05) is 13.1 Å². The van der Waals surface area contributed by atoms with Gasteiger partial charge in [-0.25, -0.2) is 0 Å². The Hall–Kier alpha value is 0.354. The van der Waals surface area contributed by atoms with Crippen molar-refractivity contribution >= 4 is 20.5 Å². The molecule has 0 aliphatic carbocycles. The van der Waals surface area contributed by atoms with Gasteiger partial charge in [-0.2, -0.15) is 0 Å². The number of nitrogens with one attached hydrogen (secondary N) is 1. The minimum Gasteiger partial charge on any atom is -0.381 e. The molecule has 0 radical (unpaired) electrons. The molecule has 2 unspecified atom stereocenters. The molecule has 1 aliphatic heterocycles. The molecule has 0 saturated carbocycles. The zero-order chi connectivity index (χ0) is 5.98. The Labute approximate surface area is 55.8 Å². The Kier molecular flexibility index (Phi) is 2.24. The van der Waals surface area contributed by atoms with Crippen molar-refractivity contribution in [3.05, 3.63) is 0 Å². The maximum atomic E-state index is 5.55. The van der Waals surface area contributed by atoms with Crippen molar-refractivity contribution in [1.29, 1.82) is 0 Å². The van der Waals surface area contributed by atoms with E-state index in [4.69, 9.17) is 4.74 Å². The van der Waals surface area contributed by atoms with Crippen molar-refractivity contribution in [3.63, 3.8) is 0 Å². The van der Waals surface area contributed by atoms with Gasteiger partial charge in [0.05, 0.1) is 11.5 Å². The zero-order valence-corrected chi connectivity index (χ0v) is 9.48. The average Bonchev–Trinajstić information content (AvgIpc) is 1.64. The van der Waals surface area contributed by atoms with Gasteiger partial charge in [0.1, 0.15) is 0 Å². The molecule has 8 heavy (non-hydrogen) atoms. The maximum Gasteiger partial charge on any atom is 0.0505 e. The van der Waals surface area contributed by atoms with E-state index in [0.717, 1.165) is 13.1 Å². The Bertz CT molecular complexity index is 72.4. The third kappa shape index (κ3) is 1.70. The second-order valence-electron chi connectivity index (χ2n) is 2.42. The molecule has 1 saturated heterocycles. The lowest BCUT2D eigenvalue weighted by molar-refractivity contribution is 0.0525. The van der Waals surface area contributed by atoms with Crippen LogP contribution in [0.25, 0.3) is 0 Å². The SMILES string of the molecule is [SiH3]C1CNCC([SiH3])O1. The number of morpholine rings is 1. The lowest BCUT2D eigenvalue weighted by atomic mass is 10.5. The van der Waals surface area contributed by atoms with Gasteiger partial charge >= 0.3 is 0 Å². The fourth-order valence-electron chi connectivity index (χ4n) is 0.983. The minimum atomic E-state index is 0.575. The fraction of sp³-hybridized carbons (Fsp3) is 1.00. The number of hydrogen-bond acceptors (Lipinski definition) is 2. The molecule has 1 heterocycles. The zero-order valence-electron chi connectivity index (χ0n) is 5.48. The van der Waals surface area contributed by atoms with Crippen molar-refractivity contribution in [3.8, 4) is 0 Å². The van der Waals surface area contributed by atoms with Crippen LogP contribution >= 0.6 is 0 Å². The van der Waals surface area contributed by atoms with Crippen LogP contribution < -0.4 is 5.32 Å². The quantitative estimate of drug-likeness (QED) is 0.369. The molecule has 0 spiro atoms. The highest BCUT2D eigenvalue weighted by atomic mass is 28.2. The van der Waals surface area contributed by atoms with E-state index in [2.05, 4.69) is 5.32 Å². The maximum absolute atomic E-state index is 5.55. The summed E-state index contributed by atoms with van der Waals surface area (Å²) in [6.07, 6.45) is 0. The van der Waals surface area contributed by atoms with Gasteiger partial charge in [0.2, 0.25) is 0 Å². The summed E-state index contributed by atoms with van der Waals surface area (Å²) < 4.78 is 5.55. The Balaban J connectivity index is 2.23. The molecule has 0 amide bonds. The molecular formula is C4H13NOSi2. The topological polar surface area (TPSA) is 21.3 Å². The van der Waals surface area contributed by atoms with E-state index in [9.17, 15) is 0 Å². The van der Waals surface area contributed by atoms with Gasteiger partial charge in [0, 0.05) is 33.6 Å². The monoisotopic (exact) mass is 147 g/mol. The van der Waals surface area contributed by atoms with Gasteiger partial charge in [-0.05, 0) is 0 Å². The molecular weight excluding hydrogens is 134 g/mol. The summed E-state index contributed by atoms with van der Waals surface area (Å²) in [5.41, 5.74) is 1.15. The Morgan fingerprint density at radius 2 is 1.75 bits per heavy atom. The van der Waals surface area contributed by atoms with Crippen LogP contribution in [0.3, 0.4) is 0 Å². The molecule has 48 valence electrons. The van der Waals surface area contributed by atoms with E-state index >= 15 is 0 Å². The predicted octanol–water partition coefficient (Wildman–Crippen LogP) is -3.01. The van der Waals surface area contributed by atoms with Gasteiger partial charge in [-0.1, -0.05) is 0 Å². The second kappa shape index (κ2) is 2.77. The van der Waals surface area contributed by atoms with Crippen LogP contribution in [0, 0.1) is 0 Å². The minimum absolute atomic E-state index is 0.575. The number of ether oxygens (including phenoxy) is 1. The van der Waals surface area contributed by atoms with E-state index < -0.39 is 0 Å². The molecule has 4 heteroatoms. The normalized spacial score (nSPS) is 40.5. The van der Waals surface area contributed by atoms with Gasteiger partial charge in [-0.3, -0.25) is 0 Å². The molecule has 1 fully saturated rings. The summed E-state index contributed by atoms with van der Waals surface area (Å²) in [4.78, 5) is 0. The first-order chi connectivity index (χ1) is 3.79. The van der Waals surface area contributed by atoms with Crippen LogP contribution in [0.2, 0.25) is 0 Å². The first-order valence-electron chi connectivity index (χ1n) is 3.15. The van der Waals surface area contributed by atoms with Gasteiger partial charge in [0.25, 0.3) is 0 Å². The summed E-state index contributed by atoms with van der Waals surface area (Å²) in [6.45, 7) is 2.18. The molecule has 1 aliphatic rings. The first-order valence-corrected chi connectivity index (χ1v) is 5.46. The number of rotatable bonds is 0. The molecule has 0 aromatic rings. The Morgan fingerprint density at radius 3 is 2.00 bits per heavy atom. The van der Waals surface area contributed by atoms with Crippen LogP contribution in [0.5, 0.6) is 0 Å². The predicted molar refractivity (Wildman–Crippen MR) is 41.4 cm³/mol. The van der Waals surface area contributed by atoms with Crippen LogP contribution in [0.4, 0.5) is 0 Å². The molecule has 2 nitrogen and oxygen atoms in total. The van der Waals surface area contributed by atoms with Crippen molar-refractivity contribution in [1.82, 2.24) is 5.32 Å². The van der Waals surface area contributed by atoms with Gasteiger partial charge < -0.3 is 10.1 Å². The number of hydrogen-bond donors (Lipinski definition) is 1. The van der Waals surface area contributed by atoms with Crippen LogP contribution in [-0.2, 0) is 4.74 Å². The molecule has 1 N–H and O–H groups in total. The van der Waals surface area contributed by atoms with E-state index in [1.54, 1.807) is 0 Å². The highest BCUT2D eigenvalue weighted by Gasteiger charge is 2.12.